The van der Waals surface area contributed by atoms with E-state index in [0.717, 1.165) is 16.7 Å². The Hall–Kier alpha value is -2.09. The van der Waals surface area contributed by atoms with Crippen LogP contribution in [-0.2, 0) is 0 Å². The molecule has 0 fully saturated rings. The van der Waals surface area contributed by atoms with Gasteiger partial charge in [0.1, 0.15) is 5.52 Å². The molecule has 1 heterocycles. The Kier molecular flexibility index (Phi) is 2.22. The normalized spacial score (nSPS) is 10.9. The quantitative estimate of drug-likeness (QED) is 0.620. The van der Waals surface area contributed by atoms with E-state index >= 15 is 0 Å². The van der Waals surface area contributed by atoms with E-state index in [0.29, 0.717) is 5.89 Å². The second-order valence-corrected chi connectivity index (χ2v) is 4.36. The number of rotatable bonds is 1. The van der Waals surface area contributed by atoms with E-state index in [2.05, 4.69) is 24.0 Å². The van der Waals surface area contributed by atoms with E-state index < -0.39 is 0 Å². The number of nitrogens with zero attached hydrogens (tertiary/aromatic N) is 1. The molecular weight excluding hydrogens is 210 g/mol. The summed E-state index contributed by atoms with van der Waals surface area (Å²) >= 11 is 0. The molecule has 3 aromatic rings. The van der Waals surface area contributed by atoms with Crippen LogP contribution in [0.2, 0.25) is 0 Å². The lowest BCUT2D eigenvalue weighted by molar-refractivity contribution is 0.619. The summed E-state index contributed by atoms with van der Waals surface area (Å²) < 4.78 is 5.76. The molecule has 2 aromatic carbocycles. The molecule has 1 aromatic heterocycles. The number of fused-ring (bicyclic) bond motifs is 1. The Balaban J connectivity index is 2.14. The van der Waals surface area contributed by atoms with Crippen LogP contribution in [0.25, 0.3) is 22.6 Å². The molecule has 2 heteroatoms. The maximum absolute atomic E-state index is 5.76. The van der Waals surface area contributed by atoms with Crippen molar-refractivity contribution in [3.63, 3.8) is 0 Å². The highest BCUT2D eigenvalue weighted by atomic mass is 16.3. The number of hydrogen-bond acceptors (Lipinski definition) is 2. The van der Waals surface area contributed by atoms with Crippen LogP contribution in [0.3, 0.4) is 0 Å². The first-order valence-corrected chi connectivity index (χ1v) is 5.66. The van der Waals surface area contributed by atoms with Crippen LogP contribution in [0.15, 0.2) is 46.9 Å². The average Bonchev–Trinajstić information content (AvgIpc) is 2.72. The van der Waals surface area contributed by atoms with Gasteiger partial charge in [0.2, 0.25) is 5.89 Å². The van der Waals surface area contributed by atoms with Crippen molar-refractivity contribution < 1.29 is 4.42 Å². The summed E-state index contributed by atoms with van der Waals surface area (Å²) in [6, 6.07) is 14.3. The van der Waals surface area contributed by atoms with Crippen LogP contribution < -0.4 is 0 Å². The van der Waals surface area contributed by atoms with Gasteiger partial charge in [0, 0.05) is 5.56 Å². The molecule has 0 unspecified atom stereocenters. The van der Waals surface area contributed by atoms with Gasteiger partial charge in [-0.3, -0.25) is 0 Å². The number of oxazole rings is 1. The first-order valence-electron chi connectivity index (χ1n) is 5.66. The van der Waals surface area contributed by atoms with Crippen molar-refractivity contribution >= 4 is 11.1 Å². The van der Waals surface area contributed by atoms with Crippen LogP contribution >= 0.6 is 0 Å². The monoisotopic (exact) mass is 223 g/mol. The third-order valence-corrected chi connectivity index (χ3v) is 2.84. The molecule has 0 saturated heterocycles. The molecule has 0 atom stereocenters. The van der Waals surface area contributed by atoms with Gasteiger partial charge >= 0.3 is 0 Å². The number of aromatic nitrogens is 1. The fourth-order valence-electron chi connectivity index (χ4n) is 1.85. The predicted molar refractivity (Wildman–Crippen MR) is 68.9 cm³/mol. The second-order valence-electron chi connectivity index (χ2n) is 4.36. The highest BCUT2D eigenvalue weighted by Gasteiger charge is 2.07. The van der Waals surface area contributed by atoms with E-state index in [1.54, 1.807) is 0 Å². The minimum Gasteiger partial charge on any atom is -0.436 e. The molecule has 0 aliphatic carbocycles. The standard InChI is InChI=1S/C15H13NO/c1-10-3-6-12(7-4-10)15-16-13-8-5-11(2)9-14(13)17-15/h3-9H,1-2H3. The van der Waals surface area contributed by atoms with E-state index in [1.165, 1.54) is 11.1 Å². The summed E-state index contributed by atoms with van der Waals surface area (Å²) in [4.78, 5) is 4.49. The first kappa shape index (κ1) is 10.1. The topological polar surface area (TPSA) is 26.0 Å². The van der Waals surface area contributed by atoms with Crippen molar-refractivity contribution in [2.24, 2.45) is 0 Å². The number of benzene rings is 2. The van der Waals surface area contributed by atoms with Gasteiger partial charge in [0.25, 0.3) is 0 Å². The predicted octanol–water partition coefficient (Wildman–Crippen LogP) is 4.11. The van der Waals surface area contributed by atoms with Gasteiger partial charge in [-0.2, -0.15) is 0 Å². The molecule has 0 radical (unpaired) electrons. The van der Waals surface area contributed by atoms with E-state index in [9.17, 15) is 0 Å². The molecule has 0 aliphatic heterocycles. The molecule has 2 nitrogen and oxygen atoms in total. The largest absolute Gasteiger partial charge is 0.436 e. The van der Waals surface area contributed by atoms with Crippen LogP contribution in [0.4, 0.5) is 0 Å². The molecule has 0 N–H and O–H groups in total. The summed E-state index contributed by atoms with van der Waals surface area (Å²) in [6.07, 6.45) is 0. The van der Waals surface area contributed by atoms with Gasteiger partial charge in [-0.25, -0.2) is 4.98 Å². The van der Waals surface area contributed by atoms with Crippen LogP contribution in [0, 0.1) is 13.8 Å². The lowest BCUT2D eigenvalue weighted by atomic mass is 10.1. The molecule has 84 valence electrons. The van der Waals surface area contributed by atoms with Crippen molar-refractivity contribution in [1.29, 1.82) is 0 Å². The first-order chi connectivity index (χ1) is 8.22. The van der Waals surface area contributed by atoms with Crippen molar-refractivity contribution in [3.8, 4) is 11.5 Å². The van der Waals surface area contributed by atoms with E-state index in [-0.39, 0.29) is 0 Å². The van der Waals surface area contributed by atoms with Crippen molar-refractivity contribution in [2.75, 3.05) is 0 Å². The smallest absolute Gasteiger partial charge is 0.227 e. The zero-order valence-electron chi connectivity index (χ0n) is 9.90. The molecule has 0 bridgehead atoms. The summed E-state index contributed by atoms with van der Waals surface area (Å²) in [6.45, 7) is 4.12. The number of aryl methyl sites for hydroxylation is 2. The molecule has 0 saturated carbocycles. The summed E-state index contributed by atoms with van der Waals surface area (Å²) in [5, 5.41) is 0. The zero-order chi connectivity index (χ0) is 11.8. The SMILES string of the molecule is Cc1ccc(-c2nc3ccc(C)cc3o2)cc1. The minimum absolute atomic E-state index is 0.686. The average molecular weight is 223 g/mol. The zero-order valence-corrected chi connectivity index (χ0v) is 9.90. The van der Waals surface area contributed by atoms with Crippen LogP contribution in [-0.4, -0.2) is 4.98 Å². The Morgan fingerprint density at radius 1 is 0.882 bits per heavy atom. The van der Waals surface area contributed by atoms with Gasteiger partial charge in [-0.05, 0) is 43.7 Å². The summed E-state index contributed by atoms with van der Waals surface area (Å²) in [5.74, 6) is 0.686. The maximum Gasteiger partial charge on any atom is 0.227 e. The van der Waals surface area contributed by atoms with Gasteiger partial charge in [0.15, 0.2) is 5.58 Å². The van der Waals surface area contributed by atoms with Crippen molar-refractivity contribution in [1.82, 2.24) is 4.98 Å². The van der Waals surface area contributed by atoms with E-state index in [1.807, 2.05) is 37.3 Å². The maximum atomic E-state index is 5.76. The van der Waals surface area contributed by atoms with E-state index in [4.69, 9.17) is 4.42 Å². The highest BCUT2D eigenvalue weighted by Crippen LogP contribution is 2.24. The van der Waals surface area contributed by atoms with Crippen molar-refractivity contribution in [3.05, 3.63) is 53.6 Å². The molecule has 3 rings (SSSR count). The Labute approximate surface area is 99.9 Å². The van der Waals surface area contributed by atoms with Crippen LogP contribution in [0.5, 0.6) is 0 Å². The summed E-state index contributed by atoms with van der Waals surface area (Å²) in [5.41, 5.74) is 5.20. The van der Waals surface area contributed by atoms with Gasteiger partial charge in [-0.15, -0.1) is 0 Å². The lowest BCUT2D eigenvalue weighted by Gasteiger charge is -1.95. The third kappa shape index (κ3) is 1.82. The molecular formula is C15H13NO. The fraction of sp³-hybridized carbons (Fsp3) is 0.133. The second kappa shape index (κ2) is 3.74. The minimum atomic E-state index is 0.686. The molecule has 0 spiro atoms. The van der Waals surface area contributed by atoms with Crippen molar-refractivity contribution in [2.45, 2.75) is 13.8 Å². The van der Waals surface area contributed by atoms with Gasteiger partial charge in [0.05, 0.1) is 0 Å². The highest BCUT2D eigenvalue weighted by molar-refractivity contribution is 5.76. The fourth-order valence-corrected chi connectivity index (χ4v) is 1.85. The Morgan fingerprint density at radius 2 is 1.59 bits per heavy atom. The molecule has 0 amide bonds. The Morgan fingerprint density at radius 3 is 2.35 bits per heavy atom. The van der Waals surface area contributed by atoms with Crippen LogP contribution in [0.1, 0.15) is 11.1 Å². The Bertz CT molecular complexity index is 665. The molecule has 17 heavy (non-hydrogen) atoms. The molecule has 0 aliphatic rings. The van der Waals surface area contributed by atoms with Gasteiger partial charge < -0.3 is 4.42 Å². The lowest BCUT2D eigenvalue weighted by Crippen LogP contribution is -1.77. The van der Waals surface area contributed by atoms with Gasteiger partial charge in [-0.1, -0.05) is 23.8 Å². The number of hydrogen-bond donors (Lipinski definition) is 0. The summed E-state index contributed by atoms with van der Waals surface area (Å²) in [7, 11) is 0. The third-order valence-electron chi connectivity index (χ3n) is 2.84.